The van der Waals surface area contributed by atoms with Gasteiger partial charge in [0.1, 0.15) is 58.7 Å². The third-order valence-corrected chi connectivity index (χ3v) is 17.8. The smallest absolute Gasteiger partial charge is 0.497 e. The third kappa shape index (κ3) is 13.4. The maximum Gasteiger partial charge on any atom is 0.514 e. The Morgan fingerprint density at radius 1 is 0.768 bits per heavy atom. The number of β-lactam (4-membered cyclic amide) rings is 1. The summed E-state index contributed by atoms with van der Waals surface area (Å²) in [5.74, 6) is -1.32. The van der Waals surface area contributed by atoms with E-state index in [1.165, 1.54) is 65.1 Å². The number of benzene rings is 5. The highest BCUT2D eigenvalue weighted by molar-refractivity contribution is 8.01. The van der Waals surface area contributed by atoms with Crippen LogP contribution in [0.4, 0.5) is 14.7 Å². The molecule has 82 heavy (non-hydrogen) atoms. The Hall–Kier alpha value is -7.92. The first-order valence-electron chi connectivity index (χ1n) is 25.8. The summed E-state index contributed by atoms with van der Waals surface area (Å²) in [6.07, 6.45) is -2.17. The number of nitrogens with zero attached hydrogens (tertiary/aromatic N) is 3. The highest BCUT2D eigenvalue weighted by Gasteiger charge is 2.58. The van der Waals surface area contributed by atoms with Gasteiger partial charge in [0.2, 0.25) is 5.91 Å². The molecule has 4 heterocycles. The van der Waals surface area contributed by atoms with Gasteiger partial charge in [-0.25, -0.2) is 14.6 Å². The molecule has 2 aromatic heterocycles. The fourth-order valence-corrected chi connectivity index (χ4v) is 13.9. The number of methoxy groups -OCH3 is 1. The van der Waals surface area contributed by atoms with E-state index in [4.69, 9.17) is 38.2 Å². The number of fused-ring (bicyclic) bond motifs is 2. The molecule has 2 aliphatic rings. The first-order chi connectivity index (χ1) is 39.2. The number of aromatic nitrogens is 1. The summed E-state index contributed by atoms with van der Waals surface area (Å²) in [7, 11) is 2.87. The van der Waals surface area contributed by atoms with Gasteiger partial charge in [-0.2, -0.15) is 0 Å². The van der Waals surface area contributed by atoms with Crippen LogP contribution >= 0.6 is 46.2 Å². The van der Waals surface area contributed by atoms with E-state index >= 15 is 0 Å². The molecule has 0 spiro atoms. The molecule has 2 saturated heterocycles. The quantitative estimate of drug-likeness (QED) is 0.0119. The molecule has 0 saturated carbocycles. The highest BCUT2D eigenvalue weighted by atomic mass is 32.2. The zero-order chi connectivity index (χ0) is 58.4. The first kappa shape index (κ1) is 58.7. The van der Waals surface area contributed by atoms with Crippen molar-refractivity contribution < 1.29 is 57.2 Å². The van der Waals surface area contributed by atoms with Crippen molar-refractivity contribution in [2.75, 3.05) is 37.6 Å². The number of rotatable bonds is 18. The van der Waals surface area contributed by atoms with Crippen LogP contribution in [0.15, 0.2) is 153 Å². The van der Waals surface area contributed by atoms with Crippen LogP contribution in [0.3, 0.4) is 0 Å². The largest absolute Gasteiger partial charge is 0.514 e. The molecular formula is C60H59N5O13S4. The van der Waals surface area contributed by atoms with Gasteiger partial charge in [-0.1, -0.05) is 108 Å². The number of oxime groups is 1. The number of anilines is 1. The number of ether oxygens (including phenoxy) is 6. The van der Waals surface area contributed by atoms with Gasteiger partial charge in [-0.15, -0.1) is 46.2 Å². The predicted molar refractivity (Wildman–Crippen MR) is 316 cm³/mol. The van der Waals surface area contributed by atoms with E-state index in [0.29, 0.717) is 25.4 Å². The number of nitrogens with one attached hydrogen (secondary N) is 2. The molecule has 2 unspecified atom stereocenters. The van der Waals surface area contributed by atoms with Crippen LogP contribution < -0.4 is 30.3 Å². The molecule has 18 nitrogen and oxygen atoms in total. The number of hydrogen-bond donors (Lipinski definition) is 2. The van der Waals surface area contributed by atoms with Gasteiger partial charge in [-0.3, -0.25) is 19.2 Å². The molecule has 3 atom stereocenters. The van der Waals surface area contributed by atoms with E-state index < -0.39 is 69.1 Å². The van der Waals surface area contributed by atoms with Crippen molar-refractivity contribution in [3.05, 3.63) is 177 Å². The Bertz CT molecular complexity index is 3470. The molecule has 9 rings (SSSR count). The van der Waals surface area contributed by atoms with E-state index in [1.54, 1.807) is 78.3 Å². The predicted octanol–water partition coefficient (Wildman–Crippen LogP) is 11.0. The van der Waals surface area contributed by atoms with Crippen molar-refractivity contribution in [1.29, 1.82) is 0 Å². The lowest BCUT2D eigenvalue weighted by atomic mass is 9.77. The molecule has 2 fully saturated rings. The van der Waals surface area contributed by atoms with Crippen LogP contribution in [0, 0.1) is 5.41 Å². The van der Waals surface area contributed by atoms with Crippen molar-refractivity contribution in [1.82, 2.24) is 15.2 Å². The van der Waals surface area contributed by atoms with E-state index in [9.17, 15) is 28.8 Å². The fourth-order valence-electron chi connectivity index (χ4n) is 9.11. The molecule has 5 aromatic carbocycles. The Balaban J connectivity index is 0.950. The lowest BCUT2D eigenvalue weighted by Gasteiger charge is -2.54. The molecule has 7 aromatic rings. The van der Waals surface area contributed by atoms with E-state index in [1.807, 2.05) is 91.0 Å². The Morgan fingerprint density at radius 2 is 1.34 bits per heavy atom. The summed E-state index contributed by atoms with van der Waals surface area (Å²) in [5, 5.41) is 12.5. The van der Waals surface area contributed by atoms with Crippen LogP contribution in [0.2, 0.25) is 0 Å². The van der Waals surface area contributed by atoms with Crippen molar-refractivity contribution in [3.8, 4) is 17.2 Å². The number of esters is 1. The van der Waals surface area contributed by atoms with Crippen molar-refractivity contribution in [2.24, 2.45) is 10.6 Å². The summed E-state index contributed by atoms with van der Waals surface area (Å²) < 4.78 is 33.9. The summed E-state index contributed by atoms with van der Waals surface area (Å²) in [6.45, 7) is 9.78. The molecule has 0 radical (unpaired) electrons. The SMILES string of the molecule is CON=C(C(=O)NC1C(=O)N2CC(CSc3cc(=O)c4cc(OC(=O)OC(C)(C)C)c(OC(=O)OC(C)(C)C)cc4s3)(C(=O)OCc3ccc(OC)cc3)CS[C@H]12)c1csc(NC(c2ccccc2)(c2ccccc2)c2ccccc2)n1. The molecule has 0 bridgehead atoms. The van der Waals surface area contributed by atoms with Crippen LogP contribution in [-0.2, 0) is 45.6 Å². The second-order valence-corrected chi connectivity index (χ2v) is 25.4. The van der Waals surface area contributed by atoms with E-state index in [-0.39, 0.29) is 52.9 Å². The van der Waals surface area contributed by atoms with Crippen LogP contribution in [-0.4, -0.2) is 101 Å². The van der Waals surface area contributed by atoms with E-state index in [0.717, 1.165) is 28.0 Å². The van der Waals surface area contributed by atoms with Crippen molar-refractivity contribution >= 4 is 97.2 Å². The lowest BCUT2D eigenvalue weighted by Crippen LogP contribution is -2.74. The van der Waals surface area contributed by atoms with Gasteiger partial charge in [0.25, 0.3) is 5.91 Å². The first-order valence-corrected chi connectivity index (χ1v) is 29.5. The lowest BCUT2D eigenvalue weighted by molar-refractivity contribution is -0.162. The number of hydrogen-bond acceptors (Lipinski definition) is 20. The molecule has 0 aliphatic carbocycles. The van der Waals surface area contributed by atoms with Crippen molar-refractivity contribution in [2.45, 2.75) is 80.5 Å². The average Bonchev–Trinajstić information content (AvgIpc) is 1.85. The minimum absolute atomic E-state index is 0.0580. The molecule has 22 heteroatoms. The zero-order valence-electron chi connectivity index (χ0n) is 46.0. The normalized spacial score (nSPS) is 17.1. The second kappa shape index (κ2) is 24.7. The van der Waals surface area contributed by atoms with E-state index in [2.05, 4.69) is 15.8 Å². The Morgan fingerprint density at radius 3 is 1.89 bits per heavy atom. The molecule has 2 amide bonds. The monoisotopic (exact) mass is 1190 g/mol. The average molecular weight is 1190 g/mol. The summed E-state index contributed by atoms with van der Waals surface area (Å²) >= 11 is 4.96. The maximum absolute atomic E-state index is 14.6. The Kier molecular flexibility index (Phi) is 17.7. The summed E-state index contributed by atoms with van der Waals surface area (Å²) in [5.41, 5.74) is -0.894. The van der Waals surface area contributed by atoms with Gasteiger partial charge in [-0.05, 0) is 82.0 Å². The maximum atomic E-state index is 14.6. The van der Waals surface area contributed by atoms with Crippen LogP contribution in [0.25, 0.3) is 10.1 Å². The molecular weight excluding hydrogens is 1130 g/mol. The second-order valence-electron chi connectivity index (χ2n) is 21.1. The number of thioether (sulfide) groups is 2. The summed E-state index contributed by atoms with van der Waals surface area (Å²) in [4.78, 5) is 94.4. The fraction of sp³-hybridized carbons (Fsp3) is 0.300. The number of carbonyl (C=O) groups excluding carboxylic acids is 5. The van der Waals surface area contributed by atoms with Gasteiger partial charge >= 0.3 is 18.3 Å². The van der Waals surface area contributed by atoms with Gasteiger partial charge in [0.15, 0.2) is 27.8 Å². The molecule has 426 valence electrons. The number of thiazole rings is 1. The molecule has 2 aliphatic heterocycles. The molecule has 2 N–H and O–H groups in total. The zero-order valence-corrected chi connectivity index (χ0v) is 49.3. The van der Waals surface area contributed by atoms with Crippen LogP contribution in [0.1, 0.15) is 69.5 Å². The van der Waals surface area contributed by atoms with Gasteiger partial charge in [0, 0.05) is 45.6 Å². The standard InChI is InChI=1S/C60H59N5O13S4/c1-57(2,3)77-55(70)75-44-28-41-43(66)29-47(82-46(41)30-45(44)76-56(71)78-58(4,5)6)80-34-59(53(69)74-31-36-24-26-40(72-7)27-25-36)33-65-51(68)49(52(65)81-35-59)62-50(67)48(64-73-8)42-32-79-54(61-42)63-60(37-18-12-9-13-19-37,38-20-14-10-15-21-38)39-22-16-11-17-23-39/h9-30,32,49,52H,31,33-35H2,1-8H3,(H,61,63)(H,62,67)/t49?,52-,59?/m1/s1. The van der Waals surface area contributed by atoms with Crippen LogP contribution in [0.5, 0.6) is 17.2 Å². The minimum Gasteiger partial charge on any atom is -0.497 e. The topological polar surface area (TPSA) is 220 Å². The van der Waals surface area contributed by atoms with Gasteiger partial charge in [0.05, 0.1) is 11.3 Å². The Labute approximate surface area is 489 Å². The summed E-state index contributed by atoms with van der Waals surface area (Å²) in [6, 6.07) is 40.2. The number of amides is 2. The third-order valence-electron chi connectivity index (χ3n) is 12.9. The number of carbonyl (C=O) groups is 5. The van der Waals surface area contributed by atoms with Crippen molar-refractivity contribution in [3.63, 3.8) is 0 Å². The highest BCUT2D eigenvalue weighted by Crippen LogP contribution is 2.47. The van der Waals surface area contributed by atoms with Gasteiger partial charge < -0.3 is 48.8 Å². The minimum atomic E-state index is -1.31.